The van der Waals surface area contributed by atoms with Gasteiger partial charge in [0.05, 0.1) is 0 Å². The van der Waals surface area contributed by atoms with Gasteiger partial charge in [-0.3, -0.25) is 0 Å². The Hall–Kier alpha value is -2.20. The summed E-state index contributed by atoms with van der Waals surface area (Å²) in [5.74, 6) is 7.04. The van der Waals surface area contributed by atoms with Crippen molar-refractivity contribution in [1.82, 2.24) is 0 Å². The molecule has 2 aromatic carbocycles. The van der Waals surface area contributed by atoms with Crippen molar-refractivity contribution in [3.05, 3.63) is 62.2 Å². The van der Waals surface area contributed by atoms with Gasteiger partial charge in [0.2, 0.25) is 0 Å². The highest BCUT2D eigenvalue weighted by atomic mass is 16.3. The molecule has 1 N–H and O–H groups in total. The first kappa shape index (κ1) is 16.2. The maximum Gasteiger partial charge on any atom is 0.119 e. The van der Waals surface area contributed by atoms with E-state index in [1.807, 2.05) is 20.8 Å². The minimum absolute atomic E-state index is 0.346. The van der Waals surface area contributed by atoms with E-state index in [-0.39, 0.29) is 0 Å². The molecule has 0 aliphatic rings. The molecule has 0 atom stereocenters. The Morgan fingerprint density at radius 1 is 0.591 bits per heavy atom. The largest absolute Gasteiger partial charge is 0.508 e. The fourth-order valence-corrected chi connectivity index (χ4v) is 2.85. The molecule has 0 heterocycles. The van der Waals surface area contributed by atoms with Gasteiger partial charge in [0.15, 0.2) is 0 Å². The zero-order valence-corrected chi connectivity index (χ0v) is 14.6. The van der Waals surface area contributed by atoms with Crippen LogP contribution >= 0.6 is 0 Å². The Bertz CT molecular complexity index is 747. The first-order valence-electron chi connectivity index (χ1n) is 7.63. The Kier molecular flexibility index (Phi) is 4.33. The number of benzene rings is 2. The summed E-state index contributed by atoms with van der Waals surface area (Å²) in [4.78, 5) is 0. The van der Waals surface area contributed by atoms with E-state index in [4.69, 9.17) is 0 Å². The molecule has 0 saturated carbocycles. The Labute approximate surface area is 134 Å². The molecule has 2 aromatic rings. The van der Waals surface area contributed by atoms with Crippen LogP contribution in [0.1, 0.15) is 50.1 Å². The van der Waals surface area contributed by atoms with Crippen molar-refractivity contribution in [2.75, 3.05) is 0 Å². The number of phenols is 1. The van der Waals surface area contributed by atoms with Crippen LogP contribution in [0.4, 0.5) is 0 Å². The molecular formula is C21H24O. The van der Waals surface area contributed by atoms with Crippen molar-refractivity contribution in [3.63, 3.8) is 0 Å². The van der Waals surface area contributed by atoms with Crippen molar-refractivity contribution >= 4 is 0 Å². The first-order chi connectivity index (χ1) is 10.2. The fraction of sp³-hybridized carbons (Fsp3) is 0.333. The highest BCUT2D eigenvalue weighted by Gasteiger charge is 2.09. The number of hydrogen-bond donors (Lipinski definition) is 1. The van der Waals surface area contributed by atoms with Crippen molar-refractivity contribution in [2.45, 2.75) is 48.5 Å². The summed E-state index contributed by atoms with van der Waals surface area (Å²) in [6.07, 6.45) is 0. The molecule has 2 rings (SSSR count). The Morgan fingerprint density at radius 2 is 1.05 bits per heavy atom. The summed E-state index contributed by atoms with van der Waals surface area (Å²) in [5.41, 5.74) is 10.2. The summed E-state index contributed by atoms with van der Waals surface area (Å²) >= 11 is 0. The van der Waals surface area contributed by atoms with Crippen LogP contribution in [0.25, 0.3) is 0 Å². The molecule has 0 spiro atoms. The number of aromatic hydroxyl groups is 1. The molecule has 0 bridgehead atoms. The topological polar surface area (TPSA) is 20.2 Å². The third kappa shape index (κ3) is 2.74. The second kappa shape index (κ2) is 5.89. The second-order valence-corrected chi connectivity index (χ2v) is 6.22. The SMILES string of the molecule is Cc1cc(C)c(C#Cc2c(C)cc(O)c(C)c2C)c(C)c1C. The van der Waals surface area contributed by atoms with Crippen LogP contribution in [-0.4, -0.2) is 5.11 Å². The van der Waals surface area contributed by atoms with Crippen LogP contribution in [0.3, 0.4) is 0 Å². The smallest absolute Gasteiger partial charge is 0.119 e. The van der Waals surface area contributed by atoms with Crippen LogP contribution < -0.4 is 0 Å². The lowest BCUT2D eigenvalue weighted by Gasteiger charge is -2.11. The lowest BCUT2D eigenvalue weighted by Crippen LogP contribution is -1.96. The van der Waals surface area contributed by atoms with Crippen LogP contribution in [0.15, 0.2) is 12.1 Å². The lowest BCUT2D eigenvalue weighted by molar-refractivity contribution is 0.470. The molecule has 0 aliphatic heterocycles. The highest BCUT2D eigenvalue weighted by molar-refractivity contribution is 5.59. The summed E-state index contributed by atoms with van der Waals surface area (Å²) < 4.78 is 0. The van der Waals surface area contributed by atoms with Crippen molar-refractivity contribution < 1.29 is 5.11 Å². The molecule has 1 heteroatoms. The predicted molar refractivity (Wildman–Crippen MR) is 93.7 cm³/mol. The third-order valence-electron chi connectivity index (χ3n) is 4.74. The quantitative estimate of drug-likeness (QED) is 0.681. The average molecular weight is 292 g/mol. The summed E-state index contributed by atoms with van der Waals surface area (Å²) in [6, 6.07) is 4.00. The second-order valence-electron chi connectivity index (χ2n) is 6.22. The fourth-order valence-electron chi connectivity index (χ4n) is 2.85. The van der Waals surface area contributed by atoms with E-state index in [2.05, 4.69) is 45.6 Å². The van der Waals surface area contributed by atoms with E-state index in [1.165, 1.54) is 22.3 Å². The first-order valence-corrected chi connectivity index (χ1v) is 7.63. The van der Waals surface area contributed by atoms with Gasteiger partial charge in [-0.1, -0.05) is 17.9 Å². The predicted octanol–water partition coefficient (Wildman–Crippen LogP) is 4.95. The van der Waals surface area contributed by atoms with Crippen molar-refractivity contribution in [1.29, 1.82) is 0 Å². The summed E-state index contributed by atoms with van der Waals surface area (Å²) in [5, 5.41) is 9.90. The van der Waals surface area contributed by atoms with Crippen LogP contribution in [0, 0.1) is 60.3 Å². The minimum atomic E-state index is 0.346. The summed E-state index contributed by atoms with van der Waals surface area (Å²) in [7, 11) is 0. The number of phenolic OH excluding ortho intramolecular Hbond substituents is 1. The van der Waals surface area contributed by atoms with Crippen molar-refractivity contribution in [2.24, 2.45) is 0 Å². The molecule has 0 saturated heterocycles. The van der Waals surface area contributed by atoms with E-state index < -0.39 is 0 Å². The molecule has 0 fully saturated rings. The molecule has 1 nitrogen and oxygen atoms in total. The van der Waals surface area contributed by atoms with Crippen molar-refractivity contribution in [3.8, 4) is 17.6 Å². The molecular weight excluding hydrogens is 268 g/mol. The van der Waals surface area contributed by atoms with Gasteiger partial charge in [-0.2, -0.15) is 0 Å². The molecule has 0 unspecified atom stereocenters. The van der Waals surface area contributed by atoms with E-state index in [0.717, 1.165) is 27.8 Å². The Balaban J connectivity index is 2.63. The Morgan fingerprint density at radius 3 is 1.59 bits per heavy atom. The summed E-state index contributed by atoms with van der Waals surface area (Å²) in [6.45, 7) is 14.5. The number of aryl methyl sites for hydroxylation is 3. The van der Waals surface area contributed by atoms with E-state index in [0.29, 0.717) is 5.75 Å². The minimum Gasteiger partial charge on any atom is -0.508 e. The normalized spacial score (nSPS) is 10.3. The van der Waals surface area contributed by atoms with Gasteiger partial charge >= 0.3 is 0 Å². The van der Waals surface area contributed by atoms with E-state index >= 15 is 0 Å². The van der Waals surface area contributed by atoms with Gasteiger partial charge in [0.25, 0.3) is 0 Å². The number of hydrogen-bond acceptors (Lipinski definition) is 1. The standard InChI is InChI=1S/C21H24O/c1-12-10-13(2)19(16(5)15(12)4)8-9-20-14(3)11-21(22)18(7)17(20)6/h10-11,22H,1-7H3. The van der Waals surface area contributed by atoms with Gasteiger partial charge < -0.3 is 5.11 Å². The zero-order chi connectivity index (χ0) is 16.6. The van der Waals surface area contributed by atoms with Crippen LogP contribution in [-0.2, 0) is 0 Å². The maximum atomic E-state index is 9.90. The highest BCUT2D eigenvalue weighted by Crippen LogP contribution is 2.26. The average Bonchev–Trinajstić information content (AvgIpc) is 2.45. The molecule has 0 amide bonds. The molecule has 114 valence electrons. The zero-order valence-electron chi connectivity index (χ0n) is 14.6. The molecule has 22 heavy (non-hydrogen) atoms. The lowest BCUT2D eigenvalue weighted by atomic mass is 9.93. The van der Waals surface area contributed by atoms with Gasteiger partial charge in [0, 0.05) is 11.1 Å². The molecule has 0 radical (unpaired) electrons. The van der Waals surface area contributed by atoms with E-state index in [9.17, 15) is 5.11 Å². The van der Waals surface area contributed by atoms with Crippen LogP contribution in [0.5, 0.6) is 5.75 Å². The van der Waals surface area contributed by atoms with Gasteiger partial charge in [-0.25, -0.2) is 0 Å². The van der Waals surface area contributed by atoms with Crippen LogP contribution in [0.2, 0.25) is 0 Å². The third-order valence-corrected chi connectivity index (χ3v) is 4.74. The molecule has 0 aromatic heterocycles. The van der Waals surface area contributed by atoms with Gasteiger partial charge in [-0.05, 0) is 93.5 Å². The maximum absolute atomic E-state index is 9.90. The van der Waals surface area contributed by atoms with E-state index in [1.54, 1.807) is 6.07 Å². The monoisotopic (exact) mass is 292 g/mol. The van der Waals surface area contributed by atoms with Gasteiger partial charge in [-0.15, -0.1) is 0 Å². The number of rotatable bonds is 0. The van der Waals surface area contributed by atoms with Gasteiger partial charge in [0.1, 0.15) is 5.75 Å². The molecule has 0 aliphatic carbocycles.